The number of nitrogens with one attached hydrogen (secondary N) is 1. The van der Waals surface area contributed by atoms with Gasteiger partial charge in [0.2, 0.25) is 5.95 Å². The van der Waals surface area contributed by atoms with Crippen molar-refractivity contribution < 1.29 is 4.39 Å². The van der Waals surface area contributed by atoms with E-state index >= 15 is 0 Å². The molecule has 0 amide bonds. The third-order valence-electron chi connectivity index (χ3n) is 5.71. The molecule has 0 saturated heterocycles. The van der Waals surface area contributed by atoms with Gasteiger partial charge < -0.3 is 9.88 Å². The number of benzene rings is 1. The van der Waals surface area contributed by atoms with Crippen molar-refractivity contribution >= 4 is 12.0 Å². The van der Waals surface area contributed by atoms with Crippen LogP contribution in [0.4, 0.5) is 10.3 Å². The number of pyridine rings is 1. The molecule has 0 fully saturated rings. The predicted molar refractivity (Wildman–Crippen MR) is 128 cm³/mol. The average Bonchev–Trinajstić information content (AvgIpc) is 3.42. The third-order valence-corrected chi connectivity index (χ3v) is 5.71. The summed E-state index contributed by atoms with van der Waals surface area (Å²) in [6.45, 7) is 2.90. The van der Waals surface area contributed by atoms with Crippen LogP contribution in [0.25, 0.3) is 28.7 Å². The second kappa shape index (κ2) is 9.32. The molecule has 1 atom stereocenters. The zero-order chi connectivity index (χ0) is 22.6. The highest BCUT2D eigenvalue weighted by Gasteiger charge is 2.29. The summed E-state index contributed by atoms with van der Waals surface area (Å²) < 4.78 is 15.9. The zero-order valence-corrected chi connectivity index (χ0v) is 18.4. The summed E-state index contributed by atoms with van der Waals surface area (Å²) in [5.74, 6) is 1.33. The Bertz CT molecular complexity index is 1260. The first kappa shape index (κ1) is 21.0. The molecule has 4 heterocycles. The second-order valence-corrected chi connectivity index (χ2v) is 8.01. The molecule has 4 aromatic rings. The van der Waals surface area contributed by atoms with E-state index < -0.39 is 0 Å². The number of imidazole rings is 1. The smallest absolute Gasteiger partial charge is 0.223 e. The van der Waals surface area contributed by atoms with Gasteiger partial charge in [-0.05, 0) is 61.4 Å². The van der Waals surface area contributed by atoms with Crippen molar-refractivity contribution in [2.24, 2.45) is 0 Å². The first-order chi connectivity index (χ1) is 16.2. The predicted octanol–water partition coefficient (Wildman–Crippen LogP) is 5.56. The Morgan fingerprint density at radius 1 is 1.06 bits per heavy atom. The Balaban J connectivity index is 1.61. The quantitative estimate of drug-likeness (QED) is 0.407. The molecule has 1 aliphatic rings. The number of aryl methyl sites for hydroxylation is 1. The van der Waals surface area contributed by atoms with E-state index in [0.717, 1.165) is 60.0 Å². The highest BCUT2D eigenvalue weighted by molar-refractivity contribution is 5.78. The van der Waals surface area contributed by atoms with Crippen LogP contribution in [0.3, 0.4) is 0 Å². The van der Waals surface area contributed by atoms with Crippen LogP contribution < -0.4 is 5.32 Å². The van der Waals surface area contributed by atoms with Gasteiger partial charge in [0.1, 0.15) is 11.6 Å². The fourth-order valence-electron chi connectivity index (χ4n) is 4.15. The molecule has 0 saturated carbocycles. The van der Waals surface area contributed by atoms with Crippen molar-refractivity contribution in [3.8, 4) is 22.6 Å². The molecule has 6 nitrogen and oxygen atoms in total. The largest absolute Gasteiger partial charge is 0.354 e. The van der Waals surface area contributed by atoms with Gasteiger partial charge in [0.15, 0.2) is 0 Å². The van der Waals surface area contributed by atoms with Crippen molar-refractivity contribution in [3.63, 3.8) is 0 Å². The molecule has 1 aromatic carbocycles. The van der Waals surface area contributed by atoms with Gasteiger partial charge in [-0.3, -0.25) is 4.98 Å². The maximum Gasteiger partial charge on any atom is 0.223 e. The number of halogens is 1. The molecule has 3 aromatic heterocycles. The van der Waals surface area contributed by atoms with Crippen molar-refractivity contribution in [2.45, 2.75) is 32.2 Å². The fraction of sp³-hybridized carbons (Fsp3) is 0.231. The highest BCUT2D eigenvalue weighted by Crippen LogP contribution is 2.39. The lowest BCUT2D eigenvalue weighted by Gasteiger charge is -2.15. The number of hydrogen-bond donors (Lipinski definition) is 1. The number of nitrogens with zero attached hydrogens (tertiary/aromatic N) is 5. The SMILES string of the molecule is CCCNc1nccc(-c2c(-c3ccc(F)cc3)nc3n2C(/C=C/c2ccccn2)CC3)n1. The minimum absolute atomic E-state index is 0.126. The molecule has 5 rings (SSSR count). The van der Waals surface area contributed by atoms with Gasteiger partial charge in [-0.1, -0.05) is 19.1 Å². The Hall–Kier alpha value is -3.87. The van der Waals surface area contributed by atoms with Crippen LogP contribution in [0.2, 0.25) is 0 Å². The van der Waals surface area contributed by atoms with E-state index in [4.69, 9.17) is 9.97 Å². The van der Waals surface area contributed by atoms with E-state index in [-0.39, 0.29) is 11.9 Å². The van der Waals surface area contributed by atoms with Crippen LogP contribution in [0, 0.1) is 5.82 Å². The molecule has 166 valence electrons. The zero-order valence-electron chi connectivity index (χ0n) is 18.4. The number of fused-ring (bicyclic) bond motifs is 1. The number of anilines is 1. The molecule has 0 aliphatic carbocycles. The Labute approximate surface area is 192 Å². The first-order valence-corrected chi connectivity index (χ1v) is 11.3. The van der Waals surface area contributed by atoms with E-state index in [2.05, 4.69) is 38.9 Å². The van der Waals surface area contributed by atoms with Crippen LogP contribution in [0.5, 0.6) is 0 Å². The molecule has 1 unspecified atom stereocenters. The Morgan fingerprint density at radius 2 is 1.94 bits per heavy atom. The van der Waals surface area contributed by atoms with Crippen molar-refractivity contribution in [1.29, 1.82) is 0 Å². The summed E-state index contributed by atoms with van der Waals surface area (Å²) in [4.78, 5) is 18.5. The molecule has 0 radical (unpaired) electrons. The number of allylic oxidation sites excluding steroid dienone is 1. The van der Waals surface area contributed by atoms with Crippen molar-refractivity contribution in [1.82, 2.24) is 24.5 Å². The highest BCUT2D eigenvalue weighted by atomic mass is 19.1. The van der Waals surface area contributed by atoms with Crippen LogP contribution in [-0.2, 0) is 6.42 Å². The molecule has 33 heavy (non-hydrogen) atoms. The van der Waals surface area contributed by atoms with Crippen LogP contribution in [0.15, 0.2) is 67.0 Å². The van der Waals surface area contributed by atoms with Crippen LogP contribution in [-0.4, -0.2) is 31.0 Å². The van der Waals surface area contributed by atoms with E-state index in [1.165, 1.54) is 12.1 Å². The molecule has 1 N–H and O–H groups in total. The summed E-state index contributed by atoms with van der Waals surface area (Å²) in [7, 11) is 0. The first-order valence-electron chi connectivity index (χ1n) is 11.3. The van der Waals surface area contributed by atoms with E-state index in [9.17, 15) is 4.39 Å². The maximum absolute atomic E-state index is 13.6. The van der Waals surface area contributed by atoms with Crippen LogP contribution >= 0.6 is 0 Å². The van der Waals surface area contributed by atoms with Crippen molar-refractivity contribution in [2.75, 3.05) is 11.9 Å². The van der Waals surface area contributed by atoms with Gasteiger partial charge in [0, 0.05) is 30.9 Å². The van der Waals surface area contributed by atoms with Crippen molar-refractivity contribution in [3.05, 3.63) is 84.3 Å². The molecule has 1 aliphatic heterocycles. The Morgan fingerprint density at radius 3 is 2.73 bits per heavy atom. The van der Waals surface area contributed by atoms with E-state index in [1.807, 2.05) is 24.3 Å². The summed E-state index contributed by atoms with van der Waals surface area (Å²) in [6, 6.07) is 14.4. The third kappa shape index (κ3) is 4.39. The summed E-state index contributed by atoms with van der Waals surface area (Å²) in [6.07, 6.45) is 10.6. The van der Waals surface area contributed by atoms with Gasteiger partial charge in [0.25, 0.3) is 0 Å². The van der Waals surface area contributed by atoms with Gasteiger partial charge in [-0.25, -0.2) is 19.3 Å². The second-order valence-electron chi connectivity index (χ2n) is 8.01. The topological polar surface area (TPSA) is 68.5 Å². The number of hydrogen-bond acceptors (Lipinski definition) is 5. The molecular weight excluding hydrogens is 415 g/mol. The molecule has 7 heteroatoms. The molecule has 0 bridgehead atoms. The molecule has 0 spiro atoms. The number of aromatic nitrogens is 5. The standard InChI is InChI=1S/C26H25FN6/c1-2-15-29-26-30-17-14-22(31-26)25-24(18-6-8-19(27)9-7-18)32-23-13-12-21(33(23)25)11-10-20-5-3-4-16-28-20/h3-11,14,16-17,21H,2,12-13,15H2,1H3,(H,29,30,31)/b11-10+. The van der Waals surface area contributed by atoms with Gasteiger partial charge in [-0.15, -0.1) is 0 Å². The number of rotatable bonds is 7. The average molecular weight is 441 g/mol. The van der Waals surface area contributed by atoms with Crippen LogP contribution in [0.1, 0.15) is 37.3 Å². The van der Waals surface area contributed by atoms with E-state index in [1.54, 1.807) is 24.5 Å². The monoisotopic (exact) mass is 440 g/mol. The summed E-state index contributed by atoms with van der Waals surface area (Å²) >= 11 is 0. The normalized spacial score (nSPS) is 15.2. The summed E-state index contributed by atoms with van der Waals surface area (Å²) in [5, 5.41) is 3.27. The lowest BCUT2D eigenvalue weighted by molar-refractivity contribution is 0.628. The van der Waals surface area contributed by atoms with Gasteiger partial charge >= 0.3 is 0 Å². The maximum atomic E-state index is 13.6. The van der Waals surface area contributed by atoms with Gasteiger partial charge in [-0.2, -0.15) is 0 Å². The summed E-state index contributed by atoms with van der Waals surface area (Å²) in [5.41, 5.74) is 4.30. The lowest BCUT2D eigenvalue weighted by atomic mass is 10.1. The Kier molecular flexibility index (Phi) is 5.93. The van der Waals surface area contributed by atoms with Gasteiger partial charge in [0.05, 0.1) is 28.8 Å². The minimum atomic E-state index is -0.267. The minimum Gasteiger partial charge on any atom is -0.354 e. The van der Waals surface area contributed by atoms with E-state index in [0.29, 0.717) is 5.95 Å². The molecular formula is C26H25FN6. The lowest BCUT2D eigenvalue weighted by Crippen LogP contribution is -2.07. The fourth-order valence-corrected chi connectivity index (χ4v) is 4.15.